The molecule has 1 amide bonds. The number of esters is 1. The zero-order chi connectivity index (χ0) is 23.8. The van der Waals surface area contributed by atoms with E-state index in [-0.39, 0.29) is 18.3 Å². The van der Waals surface area contributed by atoms with Crippen molar-refractivity contribution >= 4 is 46.3 Å². The molecule has 0 N–H and O–H groups in total. The van der Waals surface area contributed by atoms with E-state index < -0.39 is 0 Å². The Morgan fingerprint density at radius 3 is 2.58 bits per heavy atom. The van der Waals surface area contributed by atoms with Crippen molar-refractivity contribution in [1.29, 1.82) is 0 Å². The van der Waals surface area contributed by atoms with E-state index in [1.54, 1.807) is 6.08 Å². The molecule has 8 heteroatoms. The fraction of sp³-hybridized carbons (Fsp3) is 0.320. The van der Waals surface area contributed by atoms with E-state index in [9.17, 15) is 9.59 Å². The predicted octanol–water partition coefficient (Wildman–Crippen LogP) is 5.13. The van der Waals surface area contributed by atoms with Crippen LogP contribution in [0.4, 0.5) is 0 Å². The highest BCUT2D eigenvalue weighted by atomic mass is 32.2. The van der Waals surface area contributed by atoms with Crippen molar-refractivity contribution in [1.82, 2.24) is 4.90 Å². The molecule has 0 aliphatic carbocycles. The number of amides is 1. The van der Waals surface area contributed by atoms with Gasteiger partial charge in [-0.2, -0.15) is 0 Å². The van der Waals surface area contributed by atoms with E-state index in [2.05, 4.69) is 16.9 Å². The number of hydrogen-bond acceptors (Lipinski definition) is 7. The summed E-state index contributed by atoms with van der Waals surface area (Å²) in [7, 11) is 1.35. The Kier molecular flexibility index (Phi) is 8.91. The molecular formula is C25H27NO5S2. The number of aryl methyl sites for hydroxylation is 1. The van der Waals surface area contributed by atoms with E-state index in [4.69, 9.17) is 21.7 Å². The lowest BCUT2D eigenvalue weighted by molar-refractivity contribution is -0.141. The van der Waals surface area contributed by atoms with Crippen molar-refractivity contribution in [3.05, 3.63) is 64.1 Å². The number of methoxy groups -OCH3 is 1. The molecule has 2 aromatic carbocycles. The summed E-state index contributed by atoms with van der Waals surface area (Å²) in [6.07, 6.45) is 2.54. The monoisotopic (exact) mass is 485 g/mol. The summed E-state index contributed by atoms with van der Waals surface area (Å²) in [6.45, 7) is 5.27. The summed E-state index contributed by atoms with van der Waals surface area (Å²) in [6, 6.07) is 13.8. The van der Waals surface area contributed by atoms with E-state index in [0.29, 0.717) is 46.9 Å². The van der Waals surface area contributed by atoms with Crippen LogP contribution >= 0.6 is 24.0 Å². The number of hydrogen-bond donors (Lipinski definition) is 0. The molecule has 2 aromatic rings. The van der Waals surface area contributed by atoms with Gasteiger partial charge in [-0.25, -0.2) is 0 Å². The third kappa shape index (κ3) is 6.82. The largest absolute Gasteiger partial charge is 0.490 e. The SMILES string of the molecule is CCOc1cc(/C=C2\SC(=S)N(CCCC(=O)OC)C2=O)ccc1OCc1ccc(C)cc1. The topological polar surface area (TPSA) is 65.1 Å². The Balaban J connectivity index is 1.70. The molecule has 0 spiro atoms. The zero-order valence-corrected chi connectivity index (χ0v) is 20.6. The number of carbonyl (C=O) groups is 2. The minimum absolute atomic E-state index is 0.160. The number of ether oxygens (including phenoxy) is 3. The van der Waals surface area contributed by atoms with Gasteiger partial charge in [-0.3, -0.25) is 14.5 Å². The molecule has 6 nitrogen and oxygen atoms in total. The molecule has 0 unspecified atom stereocenters. The van der Waals surface area contributed by atoms with Crippen LogP contribution in [0.2, 0.25) is 0 Å². The highest BCUT2D eigenvalue weighted by Gasteiger charge is 2.31. The minimum atomic E-state index is -0.302. The smallest absolute Gasteiger partial charge is 0.305 e. The summed E-state index contributed by atoms with van der Waals surface area (Å²) in [5.74, 6) is 0.800. The van der Waals surface area contributed by atoms with Crippen molar-refractivity contribution in [2.24, 2.45) is 0 Å². The Bertz CT molecular complexity index is 1050. The second kappa shape index (κ2) is 11.9. The number of carbonyl (C=O) groups excluding carboxylic acids is 2. The summed E-state index contributed by atoms with van der Waals surface area (Å²) in [4.78, 5) is 26.2. The summed E-state index contributed by atoms with van der Waals surface area (Å²) >= 11 is 6.62. The number of rotatable bonds is 10. The molecule has 1 aliphatic rings. The average molecular weight is 486 g/mol. The molecule has 1 saturated heterocycles. The molecule has 0 bridgehead atoms. The molecule has 1 heterocycles. The molecule has 33 heavy (non-hydrogen) atoms. The average Bonchev–Trinajstić information content (AvgIpc) is 3.07. The second-order valence-electron chi connectivity index (χ2n) is 7.43. The van der Waals surface area contributed by atoms with Crippen LogP contribution in [-0.2, 0) is 20.9 Å². The lowest BCUT2D eigenvalue weighted by Crippen LogP contribution is -2.29. The van der Waals surface area contributed by atoms with E-state index in [0.717, 1.165) is 11.1 Å². The van der Waals surface area contributed by atoms with Crippen LogP contribution < -0.4 is 9.47 Å². The summed E-state index contributed by atoms with van der Waals surface area (Å²) < 4.78 is 16.9. The van der Waals surface area contributed by atoms with Crippen molar-refractivity contribution in [3.63, 3.8) is 0 Å². The van der Waals surface area contributed by atoms with Gasteiger partial charge in [0.15, 0.2) is 11.5 Å². The molecule has 174 valence electrons. The maximum Gasteiger partial charge on any atom is 0.305 e. The Hall–Kier alpha value is -2.84. The van der Waals surface area contributed by atoms with E-state index >= 15 is 0 Å². The van der Waals surface area contributed by atoms with Gasteiger partial charge >= 0.3 is 5.97 Å². The van der Waals surface area contributed by atoms with Crippen molar-refractivity contribution in [2.75, 3.05) is 20.3 Å². The van der Waals surface area contributed by atoms with Gasteiger partial charge in [0.1, 0.15) is 10.9 Å². The third-order valence-electron chi connectivity index (χ3n) is 4.94. The molecule has 0 saturated carbocycles. The van der Waals surface area contributed by atoms with Crippen LogP contribution in [0.25, 0.3) is 6.08 Å². The van der Waals surface area contributed by atoms with Gasteiger partial charge < -0.3 is 14.2 Å². The second-order valence-corrected chi connectivity index (χ2v) is 9.10. The van der Waals surface area contributed by atoms with Crippen molar-refractivity contribution in [2.45, 2.75) is 33.3 Å². The maximum absolute atomic E-state index is 12.8. The Morgan fingerprint density at radius 2 is 1.88 bits per heavy atom. The first-order chi connectivity index (χ1) is 15.9. The molecule has 1 aliphatic heterocycles. The Morgan fingerprint density at radius 1 is 1.12 bits per heavy atom. The van der Waals surface area contributed by atoms with Gasteiger partial charge in [-0.1, -0.05) is 59.9 Å². The standard InChI is InChI=1S/C25H27NO5S2/c1-4-30-21-14-19(11-12-20(21)31-16-18-9-7-17(2)8-10-18)15-22-24(28)26(25(32)33-22)13-5-6-23(27)29-3/h7-12,14-15H,4-6,13,16H2,1-3H3/b22-15-. The fourth-order valence-electron chi connectivity index (χ4n) is 3.18. The van der Waals surface area contributed by atoms with Crippen LogP contribution in [-0.4, -0.2) is 41.4 Å². The minimum Gasteiger partial charge on any atom is -0.490 e. The van der Waals surface area contributed by atoms with Gasteiger partial charge in [0, 0.05) is 13.0 Å². The zero-order valence-electron chi connectivity index (χ0n) is 19.0. The Labute approximate surface area is 203 Å². The molecular weight excluding hydrogens is 458 g/mol. The first-order valence-electron chi connectivity index (χ1n) is 10.7. The van der Waals surface area contributed by atoms with Gasteiger partial charge in [0.25, 0.3) is 5.91 Å². The predicted molar refractivity (Wildman–Crippen MR) is 134 cm³/mol. The lowest BCUT2D eigenvalue weighted by atomic mass is 10.1. The van der Waals surface area contributed by atoms with Crippen LogP contribution in [0.1, 0.15) is 36.5 Å². The van der Waals surface area contributed by atoms with Gasteiger partial charge in [0.2, 0.25) is 0 Å². The molecule has 0 atom stereocenters. The maximum atomic E-state index is 12.8. The van der Waals surface area contributed by atoms with Gasteiger partial charge in [-0.15, -0.1) is 0 Å². The van der Waals surface area contributed by atoms with Crippen LogP contribution in [0.5, 0.6) is 11.5 Å². The summed E-state index contributed by atoms with van der Waals surface area (Å²) in [5.41, 5.74) is 3.09. The van der Waals surface area contributed by atoms with Crippen LogP contribution in [0.3, 0.4) is 0 Å². The van der Waals surface area contributed by atoms with Crippen molar-refractivity contribution in [3.8, 4) is 11.5 Å². The highest BCUT2D eigenvalue weighted by molar-refractivity contribution is 8.26. The molecule has 0 aromatic heterocycles. The quantitative estimate of drug-likeness (QED) is 0.263. The molecule has 3 rings (SSSR count). The first kappa shape index (κ1) is 24.8. The normalized spacial score (nSPS) is 14.6. The summed E-state index contributed by atoms with van der Waals surface area (Å²) in [5, 5.41) is 0. The lowest BCUT2D eigenvalue weighted by Gasteiger charge is -2.14. The number of thiocarbonyl (C=S) groups is 1. The first-order valence-corrected chi connectivity index (χ1v) is 11.9. The van der Waals surface area contributed by atoms with Crippen LogP contribution in [0.15, 0.2) is 47.4 Å². The molecule has 1 fully saturated rings. The number of benzene rings is 2. The highest BCUT2D eigenvalue weighted by Crippen LogP contribution is 2.35. The van der Waals surface area contributed by atoms with Crippen molar-refractivity contribution < 1.29 is 23.8 Å². The van der Waals surface area contributed by atoms with Crippen LogP contribution in [0, 0.1) is 6.92 Å². The number of nitrogens with zero attached hydrogens (tertiary/aromatic N) is 1. The van der Waals surface area contributed by atoms with E-state index in [1.807, 2.05) is 44.2 Å². The molecule has 0 radical (unpaired) electrons. The van der Waals surface area contributed by atoms with Gasteiger partial charge in [-0.05, 0) is 49.6 Å². The number of thioether (sulfide) groups is 1. The van der Waals surface area contributed by atoms with Gasteiger partial charge in [0.05, 0.1) is 18.6 Å². The van der Waals surface area contributed by atoms with E-state index in [1.165, 1.54) is 29.3 Å². The fourth-order valence-corrected chi connectivity index (χ4v) is 4.48. The third-order valence-corrected chi connectivity index (χ3v) is 6.32.